The Balaban J connectivity index is 1.61. The predicted octanol–water partition coefficient (Wildman–Crippen LogP) is 5.02. The van der Waals surface area contributed by atoms with Gasteiger partial charge in [0.1, 0.15) is 0 Å². The molecule has 0 spiro atoms. The standard InChI is InChI=1S/C24H29FN4O2S/c1-24(2,3)32(30,31)29-17-12-10-16(11-13-17)22-21(25)20(18-8-4-6-14-26-18)23(28-22)19-9-5-7-15-27-19/h4-9,14-17,28-29H,10-13H2,1-3H3/t16-,17-. The molecule has 32 heavy (non-hydrogen) atoms. The molecule has 0 amide bonds. The van der Waals surface area contributed by atoms with Crippen molar-refractivity contribution in [1.29, 1.82) is 0 Å². The molecule has 1 saturated carbocycles. The fourth-order valence-corrected chi connectivity index (χ4v) is 5.16. The highest BCUT2D eigenvalue weighted by molar-refractivity contribution is 7.90. The van der Waals surface area contributed by atoms with Gasteiger partial charge in [-0.3, -0.25) is 9.97 Å². The first-order valence-corrected chi connectivity index (χ1v) is 12.4. The van der Waals surface area contributed by atoms with Crippen LogP contribution < -0.4 is 4.72 Å². The van der Waals surface area contributed by atoms with Crippen LogP contribution >= 0.6 is 0 Å². The third-order valence-electron chi connectivity index (χ3n) is 6.07. The van der Waals surface area contributed by atoms with Gasteiger partial charge in [-0.05, 0) is 70.7 Å². The number of H-pyrrole nitrogens is 1. The highest BCUT2D eigenvalue weighted by Crippen LogP contribution is 2.41. The van der Waals surface area contributed by atoms with Gasteiger partial charge in [0.15, 0.2) is 5.82 Å². The van der Waals surface area contributed by atoms with Crippen LogP contribution in [0.25, 0.3) is 22.6 Å². The molecule has 170 valence electrons. The quantitative estimate of drug-likeness (QED) is 0.564. The molecule has 4 rings (SSSR count). The maximum atomic E-state index is 15.8. The number of nitrogens with zero attached hydrogens (tertiary/aromatic N) is 2. The van der Waals surface area contributed by atoms with E-state index in [2.05, 4.69) is 19.7 Å². The van der Waals surface area contributed by atoms with Gasteiger partial charge < -0.3 is 4.98 Å². The summed E-state index contributed by atoms with van der Waals surface area (Å²) in [5.41, 5.74) is 2.80. The van der Waals surface area contributed by atoms with Crippen molar-refractivity contribution in [3.05, 3.63) is 60.3 Å². The second kappa shape index (κ2) is 8.75. The van der Waals surface area contributed by atoms with E-state index >= 15 is 4.39 Å². The Kier molecular flexibility index (Phi) is 6.18. The van der Waals surface area contributed by atoms with E-state index in [0.29, 0.717) is 54.0 Å². The molecule has 2 N–H and O–H groups in total. The summed E-state index contributed by atoms with van der Waals surface area (Å²) in [7, 11) is -3.41. The maximum Gasteiger partial charge on any atom is 0.216 e. The number of rotatable bonds is 5. The van der Waals surface area contributed by atoms with Gasteiger partial charge in [-0.1, -0.05) is 12.1 Å². The van der Waals surface area contributed by atoms with E-state index in [1.807, 2.05) is 24.3 Å². The van der Waals surface area contributed by atoms with Gasteiger partial charge in [0, 0.05) is 24.4 Å². The molecule has 8 heteroatoms. The monoisotopic (exact) mass is 456 g/mol. The molecule has 0 saturated heterocycles. The fraction of sp³-hybridized carbons (Fsp3) is 0.417. The highest BCUT2D eigenvalue weighted by atomic mass is 32.2. The van der Waals surface area contributed by atoms with E-state index in [-0.39, 0.29) is 17.8 Å². The summed E-state index contributed by atoms with van der Waals surface area (Å²) in [6.07, 6.45) is 6.04. The predicted molar refractivity (Wildman–Crippen MR) is 124 cm³/mol. The van der Waals surface area contributed by atoms with Crippen molar-refractivity contribution in [1.82, 2.24) is 19.7 Å². The third-order valence-corrected chi connectivity index (χ3v) is 8.33. The van der Waals surface area contributed by atoms with Crippen LogP contribution in [-0.4, -0.2) is 34.2 Å². The first-order valence-electron chi connectivity index (χ1n) is 10.9. The van der Waals surface area contributed by atoms with E-state index in [4.69, 9.17) is 0 Å². The minimum Gasteiger partial charge on any atom is -0.354 e. The van der Waals surface area contributed by atoms with Crippen LogP contribution in [0.15, 0.2) is 48.8 Å². The first-order chi connectivity index (χ1) is 15.2. The Hall–Kier alpha value is -2.58. The summed E-state index contributed by atoms with van der Waals surface area (Å²) in [5.74, 6) is -0.326. The van der Waals surface area contributed by atoms with E-state index in [9.17, 15) is 8.42 Å². The zero-order valence-corrected chi connectivity index (χ0v) is 19.4. The molecule has 3 aromatic heterocycles. The fourth-order valence-electron chi connectivity index (χ4n) is 4.13. The maximum absolute atomic E-state index is 15.8. The molecule has 6 nitrogen and oxygen atoms in total. The van der Waals surface area contributed by atoms with Crippen LogP contribution in [0.5, 0.6) is 0 Å². The zero-order valence-electron chi connectivity index (χ0n) is 18.6. The lowest BCUT2D eigenvalue weighted by Crippen LogP contribution is -2.45. The molecule has 3 heterocycles. The van der Waals surface area contributed by atoms with Gasteiger partial charge in [0.05, 0.1) is 33.1 Å². The van der Waals surface area contributed by atoms with Crippen molar-refractivity contribution in [3.8, 4) is 22.6 Å². The summed E-state index contributed by atoms with van der Waals surface area (Å²) in [6.45, 7) is 5.06. The van der Waals surface area contributed by atoms with E-state index in [0.717, 1.165) is 0 Å². The van der Waals surface area contributed by atoms with Crippen molar-refractivity contribution < 1.29 is 12.8 Å². The van der Waals surface area contributed by atoms with Crippen LogP contribution in [-0.2, 0) is 10.0 Å². The number of hydrogen-bond donors (Lipinski definition) is 2. The molecule has 0 atom stereocenters. The van der Waals surface area contributed by atoms with E-state index < -0.39 is 14.8 Å². The Morgan fingerprint density at radius 2 is 1.56 bits per heavy atom. The van der Waals surface area contributed by atoms with Gasteiger partial charge in [0.2, 0.25) is 10.0 Å². The molecule has 0 unspecified atom stereocenters. The number of nitrogens with one attached hydrogen (secondary N) is 2. The van der Waals surface area contributed by atoms with Gasteiger partial charge >= 0.3 is 0 Å². The van der Waals surface area contributed by atoms with E-state index in [1.165, 1.54) is 0 Å². The second-order valence-electron chi connectivity index (χ2n) is 9.31. The van der Waals surface area contributed by atoms with Gasteiger partial charge in [-0.2, -0.15) is 0 Å². The minimum absolute atomic E-state index is 0.0229. The van der Waals surface area contributed by atoms with Crippen LogP contribution in [0.3, 0.4) is 0 Å². The molecule has 0 radical (unpaired) electrons. The SMILES string of the molecule is CC(C)(C)S(=O)(=O)N[C@H]1CC[C@H](c2[nH]c(-c3ccccn3)c(-c3ccccn3)c2F)CC1. The smallest absolute Gasteiger partial charge is 0.216 e. The van der Waals surface area contributed by atoms with Crippen molar-refractivity contribution >= 4 is 10.0 Å². The van der Waals surface area contributed by atoms with Gasteiger partial charge in [-0.25, -0.2) is 17.5 Å². The lowest BCUT2D eigenvalue weighted by Gasteiger charge is -2.31. The Bertz CT molecular complexity index is 1160. The molecule has 1 aliphatic carbocycles. The average molecular weight is 457 g/mol. The lowest BCUT2D eigenvalue weighted by molar-refractivity contribution is 0.361. The summed E-state index contributed by atoms with van der Waals surface area (Å²) >= 11 is 0. The van der Waals surface area contributed by atoms with Crippen LogP contribution in [0, 0.1) is 5.82 Å². The van der Waals surface area contributed by atoms with Crippen LogP contribution in [0.2, 0.25) is 0 Å². The molecule has 0 aromatic carbocycles. The first kappa shape index (κ1) is 22.6. The number of aromatic amines is 1. The molecular formula is C24H29FN4O2S. The molecule has 0 aliphatic heterocycles. The highest BCUT2D eigenvalue weighted by Gasteiger charge is 2.34. The summed E-state index contributed by atoms with van der Waals surface area (Å²) in [4.78, 5) is 12.1. The molecule has 0 bridgehead atoms. The zero-order chi connectivity index (χ0) is 22.9. The third kappa shape index (κ3) is 4.47. The topological polar surface area (TPSA) is 87.7 Å². The molecular weight excluding hydrogens is 427 g/mol. The van der Waals surface area contributed by atoms with E-state index in [1.54, 1.807) is 45.3 Å². The van der Waals surface area contributed by atoms with Gasteiger partial charge in [-0.15, -0.1) is 0 Å². The number of pyridine rings is 2. The van der Waals surface area contributed by atoms with Crippen molar-refractivity contribution in [2.24, 2.45) is 0 Å². The van der Waals surface area contributed by atoms with Crippen molar-refractivity contribution in [3.63, 3.8) is 0 Å². The summed E-state index contributed by atoms with van der Waals surface area (Å²) < 4.78 is 42.7. The molecule has 1 aliphatic rings. The Labute approximate surface area is 188 Å². The Morgan fingerprint density at radius 3 is 2.09 bits per heavy atom. The summed E-state index contributed by atoms with van der Waals surface area (Å²) in [5, 5.41) is 0. The van der Waals surface area contributed by atoms with Crippen LogP contribution in [0.4, 0.5) is 4.39 Å². The van der Waals surface area contributed by atoms with Crippen molar-refractivity contribution in [2.45, 2.75) is 63.2 Å². The van der Waals surface area contributed by atoms with Gasteiger partial charge in [0.25, 0.3) is 0 Å². The largest absolute Gasteiger partial charge is 0.354 e. The number of sulfonamides is 1. The lowest BCUT2D eigenvalue weighted by atomic mass is 9.84. The number of halogens is 1. The normalized spacial score (nSPS) is 19.8. The molecule has 1 fully saturated rings. The molecule has 3 aromatic rings. The van der Waals surface area contributed by atoms with Crippen LogP contribution in [0.1, 0.15) is 58.1 Å². The number of hydrogen-bond acceptors (Lipinski definition) is 4. The summed E-state index contributed by atoms with van der Waals surface area (Å²) in [6, 6.07) is 10.8. The average Bonchev–Trinajstić information content (AvgIpc) is 3.11. The second-order valence-corrected chi connectivity index (χ2v) is 11.8. The van der Waals surface area contributed by atoms with Crippen molar-refractivity contribution in [2.75, 3.05) is 0 Å². The number of aromatic nitrogens is 3. The minimum atomic E-state index is -3.41. The Morgan fingerprint density at radius 1 is 0.969 bits per heavy atom.